The molecule has 0 radical (unpaired) electrons. The number of allylic oxidation sites excluding steroid dienone is 1. The van der Waals surface area contributed by atoms with E-state index in [1.807, 2.05) is 35.2 Å². The molecule has 0 bridgehead atoms. The number of rotatable bonds is 20. The van der Waals surface area contributed by atoms with Gasteiger partial charge in [-0.25, -0.2) is 0 Å². The summed E-state index contributed by atoms with van der Waals surface area (Å²) >= 11 is 0. The van der Waals surface area contributed by atoms with Crippen molar-refractivity contribution in [2.45, 2.75) is 108 Å². The molecule has 2 saturated carbocycles. The third-order valence-electron chi connectivity index (χ3n) is 14.1. The Hall–Kier alpha value is -5.33. The number of hydrogen-bond donors (Lipinski definition) is 2. The first-order valence-electron chi connectivity index (χ1n) is 23.8. The minimum Gasteiger partial charge on any atom is -0.459 e. The van der Waals surface area contributed by atoms with Gasteiger partial charge in [-0.1, -0.05) is 84.7 Å². The zero-order valence-corrected chi connectivity index (χ0v) is 37.2. The monoisotopic (exact) mass is 882 g/mol. The number of carbonyl (C=O) groups excluding carboxylic acids is 2. The molecule has 342 valence electrons. The molecular formula is C54H62N2O9. The van der Waals surface area contributed by atoms with E-state index in [2.05, 4.69) is 49.1 Å². The number of amides is 1. The molecular weight excluding hydrogens is 821 g/mol. The van der Waals surface area contributed by atoms with Crippen molar-refractivity contribution in [3.8, 4) is 17.2 Å². The van der Waals surface area contributed by atoms with Crippen molar-refractivity contribution >= 4 is 28.7 Å². The fourth-order valence-corrected chi connectivity index (χ4v) is 10.9. The van der Waals surface area contributed by atoms with Crippen LogP contribution >= 0.6 is 0 Å². The fourth-order valence-electron chi connectivity index (χ4n) is 10.9. The highest BCUT2D eigenvalue weighted by Crippen LogP contribution is 2.62. The van der Waals surface area contributed by atoms with Crippen molar-refractivity contribution in [3.05, 3.63) is 126 Å². The Bertz CT molecular complexity index is 2380. The molecule has 5 aliphatic rings. The Morgan fingerprint density at radius 3 is 2.49 bits per heavy atom. The average Bonchev–Trinajstić information content (AvgIpc) is 4.20. The Morgan fingerprint density at radius 1 is 0.908 bits per heavy atom. The average molecular weight is 883 g/mol. The van der Waals surface area contributed by atoms with Crippen LogP contribution in [0.4, 0.5) is 0 Å². The molecule has 0 spiro atoms. The van der Waals surface area contributed by atoms with Crippen molar-refractivity contribution in [1.82, 2.24) is 4.90 Å². The summed E-state index contributed by atoms with van der Waals surface area (Å²) in [5.74, 6) is -0.221. The molecule has 2 aliphatic heterocycles. The molecule has 65 heavy (non-hydrogen) atoms. The Labute approximate surface area is 382 Å². The zero-order valence-electron chi connectivity index (χ0n) is 37.2. The fraction of sp³-hybridized carbons (Fsp3) is 0.463. The molecule has 2 N–H and O–H groups in total. The number of aldehydes is 1. The second-order valence-corrected chi connectivity index (χ2v) is 18.3. The van der Waals surface area contributed by atoms with E-state index in [9.17, 15) is 15.0 Å². The van der Waals surface area contributed by atoms with Crippen LogP contribution in [-0.2, 0) is 25.7 Å². The molecule has 1 unspecified atom stereocenters. The van der Waals surface area contributed by atoms with Gasteiger partial charge in [0.2, 0.25) is 18.0 Å². The van der Waals surface area contributed by atoms with E-state index in [1.54, 1.807) is 24.3 Å². The highest BCUT2D eigenvalue weighted by molar-refractivity contribution is 6.03. The number of aliphatic hydroxyl groups is 2. The van der Waals surface area contributed by atoms with Gasteiger partial charge in [0.05, 0.1) is 24.8 Å². The molecule has 11 heteroatoms. The van der Waals surface area contributed by atoms with Crippen LogP contribution in [0.5, 0.6) is 17.2 Å². The summed E-state index contributed by atoms with van der Waals surface area (Å²) in [6.45, 7) is 5.42. The number of oxime groups is 1. The third-order valence-corrected chi connectivity index (χ3v) is 14.1. The normalized spacial score (nSPS) is 26.3. The summed E-state index contributed by atoms with van der Waals surface area (Å²) in [5, 5.41) is 27.3. The second kappa shape index (κ2) is 20.5. The molecule has 3 fully saturated rings. The highest BCUT2D eigenvalue weighted by atomic mass is 16.8. The van der Waals surface area contributed by atoms with E-state index < -0.39 is 24.0 Å². The number of benzene rings is 4. The molecule has 1 amide bonds. The topological polar surface area (TPSA) is 136 Å². The number of carbonyl (C=O) groups is 2. The van der Waals surface area contributed by atoms with Crippen LogP contribution < -0.4 is 9.47 Å². The van der Waals surface area contributed by atoms with E-state index in [0.717, 1.165) is 97.3 Å². The number of ether oxygens (including phenoxy) is 4. The SMILES string of the molecule is C=CCO[C@@]12Oc3ccc(Oc4cccc(C=O)c4)cc3[C@H]3[C@H](CCCCO)[C@@H](CCCCO)C=C(C(=NOC4CCCCO4)C[C@@H]1N(Cc1cccc4ccccc14)C(=O)C1CC1)[C@H]32. The van der Waals surface area contributed by atoms with Crippen LogP contribution in [0.2, 0.25) is 0 Å². The molecule has 11 nitrogen and oxygen atoms in total. The van der Waals surface area contributed by atoms with Gasteiger partial charge >= 0.3 is 0 Å². The first kappa shape index (κ1) is 44.9. The van der Waals surface area contributed by atoms with Gasteiger partial charge in [0.25, 0.3) is 0 Å². The number of aliphatic hydroxyl groups excluding tert-OH is 2. The molecule has 4 aromatic carbocycles. The summed E-state index contributed by atoms with van der Waals surface area (Å²) in [5.41, 5.74) is 4.21. The quantitative estimate of drug-likeness (QED) is 0.0385. The maximum absolute atomic E-state index is 15.1. The van der Waals surface area contributed by atoms with E-state index >= 15 is 4.79 Å². The van der Waals surface area contributed by atoms with Crippen molar-refractivity contribution in [3.63, 3.8) is 0 Å². The van der Waals surface area contributed by atoms with Gasteiger partial charge in [-0.2, -0.15) is 0 Å². The minimum atomic E-state index is -1.39. The number of hydrogen-bond acceptors (Lipinski definition) is 10. The molecule has 9 rings (SSSR count). The largest absolute Gasteiger partial charge is 0.459 e. The maximum atomic E-state index is 15.1. The zero-order chi connectivity index (χ0) is 44.8. The van der Waals surface area contributed by atoms with E-state index in [0.29, 0.717) is 55.2 Å². The minimum absolute atomic E-state index is 0.0465. The number of nitrogens with zero attached hydrogens (tertiary/aromatic N) is 2. The van der Waals surface area contributed by atoms with Gasteiger partial charge in [-0.3, -0.25) is 9.59 Å². The molecule has 7 atom stereocenters. The maximum Gasteiger partial charge on any atom is 0.239 e. The molecule has 3 aliphatic carbocycles. The summed E-state index contributed by atoms with van der Waals surface area (Å²) in [4.78, 5) is 35.3. The molecule has 1 saturated heterocycles. The molecule has 4 aromatic rings. The van der Waals surface area contributed by atoms with Crippen LogP contribution in [0, 0.1) is 23.7 Å². The lowest BCUT2D eigenvalue weighted by molar-refractivity contribution is -0.258. The van der Waals surface area contributed by atoms with Gasteiger partial charge in [0.1, 0.15) is 29.6 Å². The van der Waals surface area contributed by atoms with Crippen LogP contribution in [-0.4, -0.2) is 77.6 Å². The van der Waals surface area contributed by atoms with Crippen molar-refractivity contribution < 1.29 is 43.6 Å². The summed E-state index contributed by atoms with van der Waals surface area (Å²) in [6, 6.07) is 26.9. The van der Waals surface area contributed by atoms with Crippen molar-refractivity contribution in [2.24, 2.45) is 28.8 Å². The van der Waals surface area contributed by atoms with Crippen LogP contribution in [0.1, 0.15) is 104 Å². The second-order valence-electron chi connectivity index (χ2n) is 18.3. The van der Waals surface area contributed by atoms with Gasteiger partial charge < -0.3 is 38.9 Å². The van der Waals surface area contributed by atoms with Crippen LogP contribution in [0.3, 0.4) is 0 Å². The number of unbranched alkanes of at least 4 members (excludes halogenated alkanes) is 2. The van der Waals surface area contributed by atoms with Crippen LogP contribution in [0.15, 0.2) is 114 Å². The van der Waals surface area contributed by atoms with Gasteiger partial charge in [0, 0.05) is 55.6 Å². The van der Waals surface area contributed by atoms with Gasteiger partial charge in [0.15, 0.2) is 0 Å². The standard InChI is InChI=1S/C54H62N2O9/c1-2-28-62-54-49(56(53(60)38-22-23-38)34-40-17-12-16-37-14-3-4-19-43(37)40)33-47(55-65-50-21-7-10-29-61-50)45-31-39(15-5-8-26-57)44(20-6-9-27-58)51(52(45)54)46-32-42(24-25-48(46)64-54)63-41-18-11-13-36(30-41)35-59/h2-4,11-14,16-19,24-25,30-32,35,38-39,44,49-52,57-58H,1,5-10,15,20-23,26-29,33-34H2/t39-,44+,49-,50?,51+,52+,54+/m0/s1. The van der Waals surface area contributed by atoms with Crippen LogP contribution in [0.25, 0.3) is 10.8 Å². The summed E-state index contributed by atoms with van der Waals surface area (Å²) in [7, 11) is 0. The summed E-state index contributed by atoms with van der Waals surface area (Å²) < 4.78 is 27.3. The Morgan fingerprint density at radius 2 is 1.71 bits per heavy atom. The molecule has 0 aromatic heterocycles. The predicted molar refractivity (Wildman–Crippen MR) is 249 cm³/mol. The lowest BCUT2D eigenvalue weighted by atomic mass is 9.55. The third kappa shape index (κ3) is 9.52. The number of fused-ring (bicyclic) bond motifs is 3. The first-order chi connectivity index (χ1) is 31.9. The van der Waals surface area contributed by atoms with E-state index in [4.69, 9.17) is 28.9 Å². The van der Waals surface area contributed by atoms with E-state index in [1.165, 1.54) is 0 Å². The Kier molecular flexibility index (Phi) is 14.1. The lowest BCUT2D eigenvalue weighted by Gasteiger charge is -2.60. The predicted octanol–water partition coefficient (Wildman–Crippen LogP) is 10.0. The summed E-state index contributed by atoms with van der Waals surface area (Å²) in [6.07, 6.45) is 13.7. The van der Waals surface area contributed by atoms with Crippen molar-refractivity contribution in [2.75, 3.05) is 26.4 Å². The first-order valence-corrected chi connectivity index (χ1v) is 23.8. The van der Waals surface area contributed by atoms with Gasteiger partial charge in [-0.05, 0) is 115 Å². The Balaban J connectivity index is 1.25. The lowest BCUT2D eigenvalue weighted by Crippen LogP contribution is -2.70. The molecule has 2 heterocycles. The highest BCUT2D eigenvalue weighted by Gasteiger charge is 2.66. The van der Waals surface area contributed by atoms with Gasteiger partial charge in [-0.15, -0.1) is 6.58 Å². The van der Waals surface area contributed by atoms with Crippen molar-refractivity contribution in [1.29, 1.82) is 0 Å². The smallest absolute Gasteiger partial charge is 0.239 e. The van der Waals surface area contributed by atoms with E-state index in [-0.39, 0.29) is 49.4 Å².